The third-order valence-corrected chi connectivity index (χ3v) is 8.68. The van der Waals surface area contributed by atoms with E-state index >= 15 is 0 Å². The lowest BCUT2D eigenvalue weighted by molar-refractivity contribution is 0.0900. The molecule has 1 saturated carbocycles. The summed E-state index contributed by atoms with van der Waals surface area (Å²) in [5.41, 5.74) is 2.14. The van der Waals surface area contributed by atoms with Crippen LogP contribution in [0.1, 0.15) is 73.2 Å². The second-order valence-corrected chi connectivity index (χ2v) is 10.9. The van der Waals surface area contributed by atoms with Crippen molar-refractivity contribution in [2.75, 3.05) is 0 Å². The van der Waals surface area contributed by atoms with Crippen molar-refractivity contribution in [3.8, 4) is 0 Å². The summed E-state index contributed by atoms with van der Waals surface area (Å²) in [6, 6.07) is 8.39. The number of fused-ring (bicyclic) bond motifs is 2. The molecule has 1 aliphatic carbocycles. The summed E-state index contributed by atoms with van der Waals surface area (Å²) in [7, 11) is -3.58. The average Bonchev–Trinajstić information content (AvgIpc) is 3.40. The minimum atomic E-state index is -3.58. The van der Waals surface area contributed by atoms with Crippen LogP contribution in [0.2, 0.25) is 0 Å². The highest BCUT2D eigenvalue weighted by Gasteiger charge is 2.47. The number of amides is 1. The van der Waals surface area contributed by atoms with E-state index in [9.17, 15) is 13.2 Å². The third-order valence-electron chi connectivity index (χ3n) is 6.66. The van der Waals surface area contributed by atoms with Crippen molar-refractivity contribution in [1.82, 2.24) is 14.8 Å². The zero-order valence-corrected chi connectivity index (χ0v) is 18.4. The normalized spacial score (nSPS) is 26.0. The van der Waals surface area contributed by atoms with Crippen molar-refractivity contribution >= 4 is 21.5 Å². The van der Waals surface area contributed by atoms with E-state index in [0.717, 1.165) is 42.6 Å². The quantitative estimate of drug-likeness (QED) is 0.738. The number of sulfonamides is 1. The molecule has 0 spiro atoms. The number of nitrogens with zero attached hydrogens (tertiary/aromatic N) is 2. The number of rotatable bonds is 6. The molecule has 1 aromatic heterocycles. The van der Waals surface area contributed by atoms with E-state index in [0.29, 0.717) is 29.3 Å². The van der Waals surface area contributed by atoms with Gasteiger partial charge in [0.25, 0.3) is 5.91 Å². The summed E-state index contributed by atoms with van der Waals surface area (Å²) in [5.74, 6) is 0.943. The van der Waals surface area contributed by atoms with Gasteiger partial charge in [-0.05, 0) is 63.1 Å². The Bertz CT molecular complexity index is 1100. The first-order valence-corrected chi connectivity index (χ1v) is 12.3. The Kier molecular flexibility index (Phi) is 5.01. The highest BCUT2D eigenvalue weighted by Crippen LogP contribution is 2.41. The van der Waals surface area contributed by atoms with Crippen LogP contribution >= 0.6 is 0 Å². The first kappa shape index (κ1) is 20.5. The van der Waals surface area contributed by atoms with Crippen molar-refractivity contribution in [2.45, 2.75) is 74.4 Å². The van der Waals surface area contributed by atoms with Crippen molar-refractivity contribution in [1.29, 1.82) is 0 Å². The molecular weight excluding hydrogens is 414 g/mol. The van der Waals surface area contributed by atoms with Crippen LogP contribution in [0.25, 0.3) is 5.57 Å². The van der Waals surface area contributed by atoms with Gasteiger partial charge in [0, 0.05) is 30.1 Å². The monoisotopic (exact) mass is 441 g/mol. The summed E-state index contributed by atoms with van der Waals surface area (Å²) in [4.78, 5) is 12.9. The van der Waals surface area contributed by atoms with Crippen LogP contribution in [0.3, 0.4) is 0 Å². The molecule has 5 rings (SSSR count). The molecular formula is C23H27N3O4S. The topological polar surface area (TPSA) is 92.5 Å². The lowest BCUT2D eigenvalue weighted by Crippen LogP contribution is -2.52. The molecule has 3 heterocycles. The minimum absolute atomic E-state index is 0.0664. The Morgan fingerprint density at radius 2 is 1.77 bits per heavy atom. The van der Waals surface area contributed by atoms with Crippen molar-refractivity contribution in [3.05, 3.63) is 53.9 Å². The maximum absolute atomic E-state index is 13.3. The molecule has 0 unspecified atom stereocenters. The summed E-state index contributed by atoms with van der Waals surface area (Å²) >= 11 is 0. The van der Waals surface area contributed by atoms with E-state index in [4.69, 9.17) is 4.52 Å². The second-order valence-electron chi connectivity index (χ2n) is 9.06. The molecule has 2 aromatic rings. The van der Waals surface area contributed by atoms with E-state index in [1.807, 2.05) is 6.92 Å². The molecule has 1 aromatic carbocycles. The Balaban J connectivity index is 1.27. The van der Waals surface area contributed by atoms with Gasteiger partial charge in [-0.2, -0.15) is 4.31 Å². The fraction of sp³-hybridized carbons (Fsp3) is 0.478. The molecule has 8 heteroatoms. The van der Waals surface area contributed by atoms with Crippen LogP contribution in [0.4, 0.5) is 0 Å². The van der Waals surface area contributed by atoms with E-state index in [-0.39, 0.29) is 24.0 Å². The molecule has 2 bridgehead atoms. The molecule has 164 valence electrons. The van der Waals surface area contributed by atoms with Crippen LogP contribution in [0.15, 0.2) is 46.3 Å². The average molecular weight is 442 g/mol. The fourth-order valence-electron chi connectivity index (χ4n) is 4.89. The highest BCUT2D eigenvalue weighted by atomic mass is 32.2. The molecule has 3 fully saturated rings. The van der Waals surface area contributed by atoms with E-state index < -0.39 is 10.0 Å². The second kappa shape index (κ2) is 7.60. The Hall–Kier alpha value is -2.45. The third kappa shape index (κ3) is 3.83. The van der Waals surface area contributed by atoms with Crippen LogP contribution in [-0.4, -0.2) is 41.9 Å². The number of carbonyl (C=O) groups is 1. The predicted octanol–water partition coefficient (Wildman–Crippen LogP) is 3.70. The van der Waals surface area contributed by atoms with Gasteiger partial charge in [-0.15, -0.1) is 0 Å². The van der Waals surface area contributed by atoms with Crippen molar-refractivity contribution in [3.63, 3.8) is 0 Å². The number of benzene rings is 1. The van der Waals surface area contributed by atoms with Crippen molar-refractivity contribution in [2.24, 2.45) is 0 Å². The van der Waals surface area contributed by atoms with Crippen LogP contribution in [-0.2, 0) is 10.0 Å². The molecule has 3 atom stereocenters. The number of hydrogen-bond acceptors (Lipinski definition) is 5. The zero-order chi connectivity index (χ0) is 21.8. The largest absolute Gasteiger partial charge is 0.360 e. The molecule has 3 aliphatic rings. The van der Waals surface area contributed by atoms with E-state index in [1.165, 1.54) is 0 Å². The lowest BCUT2D eigenvalue weighted by atomic mass is 9.99. The van der Waals surface area contributed by atoms with Gasteiger partial charge in [0.15, 0.2) is 5.69 Å². The zero-order valence-electron chi connectivity index (χ0n) is 17.6. The van der Waals surface area contributed by atoms with Crippen LogP contribution in [0, 0.1) is 0 Å². The fourth-order valence-corrected chi connectivity index (χ4v) is 6.78. The molecule has 2 aliphatic heterocycles. The minimum Gasteiger partial charge on any atom is -0.360 e. The molecule has 7 nitrogen and oxygen atoms in total. The Morgan fingerprint density at radius 1 is 1.13 bits per heavy atom. The number of allylic oxidation sites excluding steroid dienone is 1. The van der Waals surface area contributed by atoms with E-state index in [2.05, 4.69) is 17.1 Å². The number of hydrogen-bond donors (Lipinski definition) is 1. The van der Waals surface area contributed by atoms with Crippen molar-refractivity contribution < 1.29 is 17.7 Å². The molecule has 0 radical (unpaired) electrons. The number of nitrogens with one attached hydrogen (secondary N) is 1. The Morgan fingerprint density at radius 3 is 2.35 bits per heavy atom. The van der Waals surface area contributed by atoms with Crippen LogP contribution in [0.5, 0.6) is 0 Å². The van der Waals surface area contributed by atoms with Gasteiger partial charge in [0.2, 0.25) is 10.0 Å². The van der Waals surface area contributed by atoms with Gasteiger partial charge in [0.1, 0.15) is 5.76 Å². The molecule has 31 heavy (non-hydrogen) atoms. The van der Waals surface area contributed by atoms with Gasteiger partial charge in [0.05, 0.1) is 4.90 Å². The number of carbonyl (C=O) groups excluding carboxylic acids is 1. The first-order valence-electron chi connectivity index (χ1n) is 10.9. The van der Waals surface area contributed by atoms with E-state index in [1.54, 1.807) is 34.6 Å². The van der Waals surface area contributed by atoms with Gasteiger partial charge < -0.3 is 9.84 Å². The first-order chi connectivity index (χ1) is 14.8. The maximum atomic E-state index is 13.3. The summed E-state index contributed by atoms with van der Waals surface area (Å²) < 4.78 is 33.6. The summed E-state index contributed by atoms with van der Waals surface area (Å²) in [6.45, 7) is 5.80. The SMILES string of the molecule is C=C(C)c1ccc(S(=O)(=O)N2[C@@H]3CC[C@H]2C[C@H](NC(=O)c2cc(C4CC4)on2)C3)cc1. The number of piperidine rings is 1. The maximum Gasteiger partial charge on any atom is 0.273 e. The van der Waals surface area contributed by atoms with Gasteiger partial charge in [-0.3, -0.25) is 4.79 Å². The summed E-state index contributed by atoms with van der Waals surface area (Å²) in [6.07, 6.45) is 5.02. The van der Waals surface area contributed by atoms with Gasteiger partial charge >= 0.3 is 0 Å². The van der Waals surface area contributed by atoms with Crippen LogP contribution < -0.4 is 5.32 Å². The molecule has 2 saturated heterocycles. The predicted molar refractivity (Wildman–Crippen MR) is 116 cm³/mol. The van der Waals surface area contributed by atoms with Gasteiger partial charge in [-0.1, -0.05) is 29.4 Å². The smallest absolute Gasteiger partial charge is 0.273 e. The highest BCUT2D eigenvalue weighted by molar-refractivity contribution is 7.89. The Labute approximate surface area is 182 Å². The summed E-state index contributed by atoms with van der Waals surface area (Å²) in [5, 5.41) is 6.96. The molecule has 1 amide bonds. The lowest BCUT2D eigenvalue weighted by Gasteiger charge is -2.38. The number of aromatic nitrogens is 1. The standard InChI is InChI=1S/C23H27N3O4S/c1-14(2)15-5-9-20(10-6-15)31(28,29)26-18-7-8-19(26)12-17(11-18)24-23(27)21-13-22(30-25-21)16-3-4-16/h5-6,9-10,13,16-19H,1,3-4,7-8,11-12H2,2H3,(H,24,27)/t17-,18-,19+. The molecule has 1 N–H and O–H groups in total. The van der Waals surface area contributed by atoms with Gasteiger partial charge in [-0.25, -0.2) is 8.42 Å².